The van der Waals surface area contributed by atoms with Crippen molar-refractivity contribution in [1.29, 1.82) is 0 Å². The molecule has 0 unspecified atom stereocenters. The van der Waals surface area contributed by atoms with Gasteiger partial charge in [0.25, 0.3) is 5.91 Å². The van der Waals surface area contributed by atoms with Gasteiger partial charge in [0.2, 0.25) is 0 Å². The van der Waals surface area contributed by atoms with Gasteiger partial charge in [-0.1, -0.05) is 37.3 Å². The molecule has 6 nitrogen and oxygen atoms in total. The number of carbonyl (C=O) groups excluding carboxylic acids is 2. The van der Waals surface area contributed by atoms with Crippen molar-refractivity contribution in [3.05, 3.63) is 71.2 Å². The second kappa shape index (κ2) is 9.22. The SMILES string of the molecule is CCCN1CCc2nc3ccccc3c(C(=O)OCC(=O)Nc3ccccc3F)c2C1. The smallest absolute Gasteiger partial charge is 0.339 e. The van der Waals surface area contributed by atoms with E-state index < -0.39 is 24.3 Å². The fourth-order valence-corrected chi connectivity index (χ4v) is 3.94. The number of ether oxygens (including phenoxy) is 1. The lowest BCUT2D eigenvalue weighted by atomic mass is 9.95. The highest BCUT2D eigenvalue weighted by molar-refractivity contribution is 6.06. The Labute approximate surface area is 180 Å². The van der Waals surface area contributed by atoms with Crippen LogP contribution in [-0.4, -0.2) is 41.5 Å². The summed E-state index contributed by atoms with van der Waals surface area (Å²) >= 11 is 0. The van der Waals surface area contributed by atoms with E-state index in [0.717, 1.165) is 42.7 Å². The molecule has 0 saturated carbocycles. The molecular formula is C24H24FN3O3. The van der Waals surface area contributed by atoms with E-state index in [1.54, 1.807) is 6.07 Å². The Hall–Kier alpha value is -3.32. The minimum absolute atomic E-state index is 0.0468. The van der Waals surface area contributed by atoms with Crippen LogP contribution in [0.1, 0.15) is 35.0 Å². The van der Waals surface area contributed by atoms with Crippen molar-refractivity contribution in [3.8, 4) is 0 Å². The van der Waals surface area contributed by atoms with Crippen LogP contribution < -0.4 is 5.32 Å². The Balaban J connectivity index is 1.57. The Morgan fingerprint density at radius 2 is 1.94 bits per heavy atom. The number of hydrogen-bond acceptors (Lipinski definition) is 5. The molecule has 0 fully saturated rings. The van der Waals surface area contributed by atoms with Gasteiger partial charge in [0, 0.05) is 36.2 Å². The first-order chi connectivity index (χ1) is 15.1. The third kappa shape index (κ3) is 4.56. The number of esters is 1. The molecule has 4 rings (SSSR count). The van der Waals surface area contributed by atoms with Crippen LogP contribution in [0, 0.1) is 5.82 Å². The number of para-hydroxylation sites is 2. The first kappa shape index (κ1) is 20.9. The summed E-state index contributed by atoms with van der Waals surface area (Å²) in [6, 6.07) is 13.3. The van der Waals surface area contributed by atoms with Gasteiger partial charge in [-0.2, -0.15) is 0 Å². The maximum Gasteiger partial charge on any atom is 0.339 e. The van der Waals surface area contributed by atoms with Crippen molar-refractivity contribution < 1.29 is 18.7 Å². The summed E-state index contributed by atoms with van der Waals surface area (Å²) in [5, 5.41) is 3.14. The molecule has 7 heteroatoms. The van der Waals surface area contributed by atoms with Crippen LogP contribution in [0.3, 0.4) is 0 Å². The van der Waals surface area contributed by atoms with Crippen LogP contribution in [0.15, 0.2) is 48.5 Å². The molecule has 1 aromatic heterocycles. The molecule has 0 radical (unpaired) electrons. The molecule has 1 aliphatic rings. The van der Waals surface area contributed by atoms with E-state index in [1.165, 1.54) is 18.2 Å². The summed E-state index contributed by atoms with van der Waals surface area (Å²) < 4.78 is 19.1. The zero-order chi connectivity index (χ0) is 21.8. The van der Waals surface area contributed by atoms with Crippen molar-refractivity contribution in [2.45, 2.75) is 26.3 Å². The number of carbonyl (C=O) groups is 2. The maximum atomic E-state index is 13.7. The lowest BCUT2D eigenvalue weighted by molar-refractivity contribution is -0.119. The molecule has 0 aliphatic carbocycles. The molecule has 0 saturated heterocycles. The number of nitrogens with one attached hydrogen (secondary N) is 1. The fraction of sp³-hybridized carbons (Fsp3) is 0.292. The van der Waals surface area contributed by atoms with Crippen molar-refractivity contribution in [3.63, 3.8) is 0 Å². The number of amides is 1. The van der Waals surface area contributed by atoms with E-state index in [9.17, 15) is 14.0 Å². The van der Waals surface area contributed by atoms with Gasteiger partial charge in [0.15, 0.2) is 6.61 Å². The van der Waals surface area contributed by atoms with Gasteiger partial charge >= 0.3 is 5.97 Å². The number of anilines is 1. The number of nitrogens with zero attached hydrogens (tertiary/aromatic N) is 2. The Kier molecular flexibility index (Phi) is 6.23. The topological polar surface area (TPSA) is 71.5 Å². The molecule has 3 aromatic rings. The molecule has 160 valence electrons. The molecular weight excluding hydrogens is 397 g/mol. The Morgan fingerprint density at radius 3 is 2.74 bits per heavy atom. The normalized spacial score (nSPS) is 13.6. The van der Waals surface area contributed by atoms with Gasteiger partial charge in [-0.3, -0.25) is 14.7 Å². The third-order valence-electron chi connectivity index (χ3n) is 5.35. The first-order valence-electron chi connectivity index (χ1n) is 10.4. The fourth-order valence-electron chi connectivity index (χ4n) is 3.94. The van der Waals surface area contributed by atoms with Crippen molar-refractivity contribution in [2.24, 2.45) is 0 Å². The number of hydrogen-bond donors (Lipinski definition) is 1. The number of rotatable bonds is 6. The largest absolute Gasteiger partial charge is 0.452 e. The number of halogens is 1. The third-order valence-corrected chi connectivity index (χ3v) is 5.35. The van der Waals surface area contributed by atoms with E-state index in [2.05, 4.69) is 17.1 Å². The molecule has 0 spiro atoms. The van der Waals surface area contributed by atoms with Crippen molar-refractivity contribution in [1.82, 2.24) is 9.88 Å². The molecule has 1 aliphatic heterocycles. The summed E-state index contributed by atoms with van der Waals surface area (Å²) in [5.41, 5.74) is 2.99. The molecule has 1 amide bonds. The molecule has 2 aromatic carbocycles. The second-order valence-corrected chi connectivity index (χ2v) is 7.56. The molecule has 0 atom stereocenters. The van der Waals surface area contributed by atoms with Gasteiger partial charge in [-0.15, -0.1) is 0 Å². The highest BCUT2D eigenvalue weighted by atomic mass is 19.1. The van der Waals surface area contributed by atoms with E-state index >= 15 is 0 Å². The minimum Gasteiger partial charge on any atom is -0.452 e. The zero-order valence-electron chi connectivity index (χ0n) is 17.4. The van der Waals surface area contributed by atoms with Gasteiger partial charge in [0.1, 0.15) is 5.82 Å². The standard InChI is InChI=1S/C24H24FN3O3/c1-2-12-28-13-11-20-17(14-28)23(16-7-3-5-9-19(16)26-20)24(30)31-15-22(29)27-21-10-6-4-8-18(21)25/h3-10H,2,11-15H2,1H3,(H,27,29). The van der Waals surface area contributed by atoms with E-state index in [4.69, 9.17) is 9.72 Å². The van der Waals surface area contributed by atoms with Crippen LogP contribution in [0.2, 0.25) is 0 Å². The highest BCUT2D eigenvalue weighted by Gasteiger charge is 2.26. The minimum atomic E-state index is -0.599. The van der Waals surface area contributed by atoms with Gasteiger partial charge in [-0.05, 0) is 31.2 Å². The molecule has 31 heavy (non-hydrogen) atoms. The lowest BCUT2D eigenvalue weighted by Gasteiger charge is -2.29. The van der Waals surface area contributed by atoms with Crippen LogP contribution >= 0.6 is 0 Å². The summed E-state index contributed by atoms with van der Waals surface area (Å²) in [4.78, 5) is 32.4. The van der Waals surface area contributed by atoms with Crippen molar-refractivity contribution >= 4 is 28.5 Å². The number of aromatic nitrogens is 1. The average molecular weight is 421 g/mol. The monoisotopic (exact) mass is 421 g/mol. The first-order valence-corrected chi connectivity index (χ1v) is 10.4. The maximum absolute atomic E-state index is 13.7. The number of benzene rings is 2. The van der Waals surface area contributed by atoms with Crippen LogP contribution in [-0.2, 0) is 22.5 Å². The van der Waals surface area contributed by atoms with Gasteiger partial charge < -0.3 is 10.1 Å². The summed E-state index contributed by atoms with van der Waals surface area (Å²) in [5.74, 6) is -1.72. The molecule has 0 bridgehead atoms. The van der Waals surface area contributed by atoms with E-state index in [0.29, 0.717) is 17.5 Å². The van der Waals surface area contributed by atoms with E-state index in [1.807, 2.05) is 24.3 Å². The Bertz CT molecular complexity index is 1130. The van der Waals surface area contributed by atoms with Crippen LogP contribution in [0.5, 0.6) is 0 Å². The lowest BCUT2D eigenvalue weighted by Crippen LogP contribution is -2.33. The average Bonchev–Trinajstić information content (AvgIpc) is 2.77. The predicted octanol–water partition coefficient (Wildman–Crippen LogP) is 3.94. The second-order valence-electron chi connectivity index (χ2n) is 7.56. The van der Waals surface area contributed by atoms with Gasteiger partial charge in [0.05, 0.1) is 16.8 Å². The van der Waals surface area contributed by atoms with Crippen molar-refractivity contribution in [2.75, 3.05) is 25.0 Å². The quantitative estimate of drug-likeness (QED) is 0.611. The van der Waals surface area contributed by atoms with Crippen LogP contribution in [0.25, 0.3) is 10.9 Å². The van der Waals surface area contributed by atoms with Gasteiger partial charge in [-0.25, -0.2) is 9.18 Å². The number of fused-ring (bicyclic) bond motifs is 2. The highest BCUT2D eigenvalue weighted by Crippen LogP contribution is 2.29. The number of pyridine rings is 1. The summed E-state index contributed by atoms with van der Waals surface area (Å²) in [7, 11) is 0. The zero-order valence-corrected chi connectivity index (χ0v) is 17.4. The molecule has 1 N–H and O–H groups in total. The van der Waals surface area contributed by atoms with E-state index in [-0.39, 0.29) is 5.69 Å². The predicted molar refractivity (Wildman–Crippen MR) is 116 cm³/mol. The molecule has 2 heterocycles. The summed E-state index contributed by atoms with van der Waals surface area (Å²) in [6.07, 6.45) is 1.78. The summed E-state index contributed by atoms with van der Waals surface area (Å²) in [6.45, 7) is 4.07. The van der Waals surface area contributed by atoms with Crippen LogP contribution in [0.4, 0.5) is 10.1 Å². The Morgan fingerprint density at radius 1 is 1.16 bits per heavy atom.